The fourth-order valence-corrected chi connectivity index (χ4v) is 2.58. The standard InChI is InChI=1S/C14H12N4O3S/c19-9-4-8(5-10(20)6-9)15-14(21)16-13-7-11(17-18-13)12-2-1-3-22-12/h1-7,19-20H,(H3,15,16,17,18,21). The fraction of sp³-hybridized carbons (Fsp3) is 0. The Morgan fingerprint density at radius 3 is 2.59 bits per heavy atom. The van der Waals surface area contributed by atoms with Crippen LogP contribution >= 0.6 is 11.3 Å². The third kappa shape index (κ3) is 3.18. The van der Waals surface area contributed by atoms with E-state index in [1.807, 2.05) is 17.5 Å². The average molecular weight is 316 g/mol. The molecule has 0 spiro atoms. The zero-order chi connectivity index (χ0) is 15.5. The van der Waals surface area contributed by atoms with Gasteiger partial charge < -0.3 is 15.5 Å². The van der Waals surface area contributed by atoms with Crippen LogP contribution in [0.15, 0.2) is 41.8 Å². The van der Waals surface area contributed by atoms with Crippen molar-refractivity contribution < 1.29 is 15.0 Å². The van der Waals surface area contributed by atoms with E-state index in [0.717, 1.165) is 10.6 Å². The van der Waals surface area contributed by atoms with Crippen molar-refractivity contribution in [3.05, 3.63) is 41.8 Å². The predicted octanol–water partition coefficient (Wildman–Crippen LogP) is 3.19. The number of aromatic amines is 1. The van der Waals surface area contributed by atoms with Crippen molar-refractivity contribution >= 4 is 28.9 Å². The summed E-state index contributed by atoms with van der Waals surface area (Å²) < 4.78 is 0. The number of nitrogens with zero attached hydrogens (tertiary/aromatic N) is 1. The molecule has 0 aliphatic heterocycles. The molecule has 5 N–H and O–H groups in total. The molecule has 112 valence electrons. The van der Waals surface area contributed by atoms with Gasteiger partial charge in [0.2, 0.25) is 0 Å². The van der Waals surface area contributed by atoms with Crippen LogP contribution in [0.2, 0.25) is 0 Å². The van der Waals surface area contributed by atoms with E-state index in [1.54, 1.807) is 17.4 Å². The van der Waals surface area contributed by atoms with Crippen LogP contribution in [0.4, 0.5) is 16.3 Å². The number of H-pyrrole nitrogens is 1. The summed E-state index contributed by atoms with van der Waals surface area (Å²) in [4.78, 5) is 12.9. The maximum absolute atomic E-state index is 11.9. The monoisotopic (exact) mass is 316 g/mol. The number of benzene rings is 1. The number of urea groups is 1. The van der Waals surface area contributed by atoms with Crippen LogP contribution in [0.25, 0.3) is 10.6 Å². The Hall–Kier alpha value is -3.00. The van der Waals surface area contributed by atoms with Crippen molar-refractivity contribution in [1.82, 2.24) is 10.2 Å². The topological polar surface area (TPSA) is 110 Å². The van der Waals surface area contributed by atoms with Gasteiger partial charge in [-0.3, -0.25) is 10.4 Å². The van der Waals surface area contributed by atoms with Crippen molar-refractivity contribution in [2.45, 2.75) is 0 Å². The quantitative estimate of drug-likeness (QED) is 0.511. The Labute approximate surface area is 129 Å². The highest BCUT2D eigenvalue weighted by Gasteiger charge is 2.09. The van der Waals surface area contributed by atoms with Gasteiger partial charge in [0.05, 0.1) is 10.6 Å². The molecule has 8 heteroatoms. The molecule has 0 fully saturated rings. The Balaban J connectivity index is 1.67. The molecule has 3 aromatic rings. The van der Waals surface area contributed by atoms with Crippen LogP contribution < -0.4 is 10.6 Å². The number of phenols is 2. The number of aromatic hydroxyl groups is 2. The molecule has 0 bridgehead atoms. The summed E-state index contributed by atoms with van der Waals surface area (Å²) in [6.07, 6.45) is 0. The van der Waals surface area contributed by atoms with Gasteiger partial charge in [-0.2, -0.15) is 5.10 Å². The largest absolute Gasteiger partial charge is 0.508 e. The summed E-state index contributed by atoms with van der Waals surface area (Å²) in [5, 5.41) is 32.6. The van der Waals surface area contributed by atoms with E-state index in [2.05, 4.69) is 20.8 Å². The van der Waals surface area contributed by atoms with Gasteiger partial charge in [0, 0.05) is 30.0 Å². The first kappa shape index (κ1) is 14.0. The summed E-state index contributed by atoms with van der Waals surface area (Å²) in [5.74, 6) is 0.0791. The number of thiophene rings is 1. The van der Waals surface area contributed by atoms with Crippen LogP contribution in [-0.2, 0) is 0 Å². The molecule has 0 radical (unpaired) electrons. The highest BCUT2D eigenvalue weighted by Crippen LogP contribution is 2.25. The number of nitrogens with one attached hydrogen (secondary N) is 3. The Morgan fingerprint density at radius 2 is 1.91 bits per heavy atom. The minimum Gasteiger partial charge on any atom is -0.508 e. The lowest BCUT2D eigenvalue weighted by Crippen LogP contribution is -2.19. The molecule has 2 aromatic heterocycles. The van der Waals surface area contributed by atoms with Crippen LogP contribution in [0, 0.1) is 0 Å². The van der Waals surface area contributed by atoms with Crippen molar-refractivity contribution in [3.63, 3.8) is 0 Å². The number of carbonyl (C=O) groups excluding carboxylic acids is 1. The van der Waals surface area contributed by atoms with E-state index >= 15 is 0 Å². The van der Waals surface area contributed by atoms with E-state index in [1.165, 1.54) is 18.2 Å². The van der Waals surface area contributed by atoms with Crippen LogP contribution in [0.3, 0.4) is 0 Å². The second-order valence-electron chi connectivity index (χ2n) is 4.46. The number of hydrogen-bond acceptors (Lipinski definition) is 5. The van der Waals surface area contributed by atoms with Gasteiger partial charge >= 0.3 is 6.03 Å². The van der Waals surface area contributed by atoms with Gasteiger partial charge in [0.15, 0.2) is 5.82 Å². The summed E-state index contributed by atoms with van der Waals surface area (Å²) in [6.45, 7) is 0. The summed E-state index contributed by atoms with van der Waals surface area (Å²) in [6, 6.07) is 8.86. The van der Waals surface area contributed by atoms with E-state index in [0.29, 0.717) is 5.82 Å². The van der Waals surface area contributed by atoms with E-state index in [9.17, 15) is 15.0 Å². The minimum absolute atomic E-state index is 0.143. The van der Waals surface area contributed by atoms with Crippen molar-refractivity contribution in [2.24, 2.45) is 0 Å². The number of aromatic nitrogens is 2. The zero-order valence-corrected chi connectivity index (χ0v) is 12.0. The first-order chi connectivity index (χ1) is 10.6. The fourth-order valence-electron chi connectivity index (χ4n) is 1.89. The molecule has 3 rings (SSSR count). The lowest BCUT2D eigenvalue weighted by atomic mass is 10.3. The van der Waals surface area contributed by atoms with Crippen LogP contribution in [0.5, 0.6) is 11.5 Å². The van der Waals surface area contributed by atoms with Crippen molar-refractivity contribution in [3.8, 4) is 22.1 Å². The number of anilines is 2. The van der Waals surface area contributed by atoms with Gasteiger partial charge in [0.25, 0.3) is 0 Å². The first-order valence-corrected chi connectivity index (χ1v) is 7.18. The molecule has 0 saturated heterocycles. The SMILES string of the molecule is O=C(Nc1cc(O)cc(O)c1)Nc1cc(-c2cccs2)[nH]n1. The number of rotatable bonds is 3. The molecular formula is C14H12N4O3S. The normalized spacial score (nSPS) is 10.4. The van der Waals surface area contributed by atoms with Gasteiger partial charge in [0.1, 0.15) is 11.5 Å². The molecule has 2 heterocycles. The lowest BCUT2D eigenvalue weighted by Gasteiger charge is -2.06. The molecule has 0 aliphatic carbocycles. The van der Waals surface area contributed by atoms with Crippen LogP contribution in [0.1, 0.15) is 0 Å². The molecule has 0 aliphatic rings. The Bertz CT molecular complexity index is 778. The lowest BCUT2D eigenvalue weighted by molar-refractivity contribution is 0.262. The summed E-state index contributed by atoms with van der Waals surface area (Å²) in [5.41, 5.74) is 1.07. The van der Waals surface area contributed by atoms with E-state index < -0.39 is 6.03 Å². The molecule has 2 amide bonds. The highest BCUT2D eigenvalue weighted by molar-refractivity contribution is 7.13. The smallest absolute Gasteiger partial charge is 0.324 e. The number of amides is 2. The second-order valence-corrected chi connectivity index (χ2v) is 5.41. The van der Waals surface area contributed by atoms with Gasteiger partial charge in [-0.05, 0) is 11.4 Å². The third-order valence-electron chi connectivity index (χ3n) is 2.77. The van der Waals surface area contributed by atoms with Crippen molar-refractivity contribution in [2.75, 3.05) is 10.6 Å². The van der Waals surface area contributed by atoms with E-state index in [4.69, 9.17) is 0 Å². The summed E-state index contributed by atoms with van der Waals surface area (Å²) in [7, 11) is 0. The minimum atomic E-state index is -0.533. The summed E-state index contributed by atoms with van der Waals surface area (Å²) >= 11 is 1.56. The highest BCUT2D eigenvalue weighted by atomic mass is 32.1. The molecule has 0 saturated carbocycles. The van der Waals surface area contributed by atoms with Crippen molar-refractivity contribution in [1.29, 1.82) is 0 Å². The molecule has 1 aromatic carbocycles. The van der Waals surface area contributed by atoms with Gasteiger partial charge in [-0.15, -0.1) is 11.3 Å². The number of carbonyl (C=O) groups is 1. The Kier molecular flexibility index (Phi) is 3.67. The van der Waals surface area contributed by atoms with Gasteiger partial charge in [-0.25, -0.2) is 4.79 Å². The molecular weight excluding hydrogens is 304 g/mol. The van der Waals surface area contributed by atoms with Gasteiger partial charge in [-0.1, -0.05) is 6.07 Å². The molecule has 7 nitrogen and oxygen atoms in total. The average Bonchev–Trinajstić information content (AvgIpc) is 3.07. The molecule has 22 heavy (non-hydrogen) atoms. The predicted molar refractivity (Wildman–Crippen MR) is 84.3 cm³/mol. The second kappa shape index (κ2) is 5.78. The van der Waals surface area contributed by atoms with E-state index in [-0.39, 0.29) is 17.2 Å². The third-order valence-corrected chi connectivity index (χ3v) is 3.67. The maximum atomic E-state index is 11.9. The zero-order valence-electron chi connectivity index (χ0n) is 11.2. The molecule has 0 unspecified atom stereocenters. The number of hydrogen-bond donors (Lipinski definition) is 5. The van der Waals surface area contributed by atoms with Crippen LogP contribution in [-0.4, -0.2) is 26.4 Å². The number of phenolic OH excluding ortho intramolecular Hbond substituents is 2. The first-order valence-electron chi connectivity index (χ1n) is 6.30. The molecule has 0 atom stereocenters. The Morgan fingerprint density at radius 1 is 1.14 bits per heavy atom. The maximum Gasteiger partial charge on any atom is 0.324 e.